The van der Waals surface area contributed by atoms with Gasteiger partial charge in [0.05, 0.1) is 12.4 Å². The molecule has 2 N–H and O–H groups in total. The number of likely N-dealkylation sites (N-methyl/N-ethyl adjacent to an activating group) is 1. The standard InChI is InChI=1S/C13H24N4/c1-5-7-13(16-11-14)8-9-15-12(3)10-17(4)6-2/h5,7-9,11-12H,6,10H2,1-4H3,(H2,14,16)/b7-5-,13-8?,15-9?. The third kappa shape index (κ3) is 8.39. The molecule has 0 radical (unpaired) electrons. The third-order valence-corrected chi connectivity index (χ3v) is 2.30. The van der Waals surface area contributed by atoms with Gasteiger partial charge in [-0.05, 0) is 39.6 Å². The van der Waals surface area contributed by atoms with Gasteiger partial charge >= 0.3 is 0 Å². The number of nitrogens with zero attached hydrogens (tertiary/aromatic N) is 2. The maximum atomic E-state index is 6.99. The SMILES string of the molecule is C/C=C\C(=CC=NC(C)CN(C)CC)NC=N. The Morgan fingerprint density at radius 1 is 1.53 bits per heavy atom. The fraction of sp³-hybridized carbons (Fsp3) is 0.538. The molecule has 96 valence electrons. The average Bonchev–Trinajstić information content (AvgIpc) is 2.29. The Morgan fingerprint density at radius 2 is 2.24 bits per heavy atom. The summed E-state index contributed by atoms with van der Waals surface area (Å²) in [6.07, 6.45) is 8.64. The summed E-state index contributed by atoms with van der Waals surface area (Å²) in [5.41, 5.74) is 0.863. The Morgan fingerprint density at radius 3 is 2.76 bits per heavy atom. The average molecular weight is 236 g/mol. The fourth-order valence-electron chi connectivity index (χ4n) is 1.31. The maximum absolute atomic E-state index is 6.99. The molecule has 4 heteroatoms. The number of nitrogens with one attached hydrogen (secondary N) is 2. The Kier molecular flexibility index (Phi) is 8.96. The maximum Gasteiger partial charge on any atom is 0.0835 e. The molecule has 0 saturated carbocycles. The van der Waals surface area contributed by atoms with Crippen LogP contribution in [0.3, 0.4) is 0 Å². The Labute approximate surface area is 105 Å². The first kappa shape index (κ1) is 15.6. The van der Waals surface area contributed by atoms with Gasteiger partial charge in [-0.2, -0.15) is 0 Å². The van der Waals surface area contributed by atoms with Crippen molar-refractivity contribution in [3.63, 3.8) is 0 Å². The normalized spacial score (nSPS) is 14.8. The zero-order valence-electron chi connectivity index (χ0n) is 11.3. The minimum absolute atomic E-state index is 0.281. The summed E-state index contributed by atoms with van der Waals surface area (Å²) in [5, 5.41) is 9.81. The number of hydrogen-bond acceptors (Lipinski definition) is 3. The lowest BCUT2D eigenvalue weighted by molar-refractivity contribution is 0.335. The second-order valence-corrected chi connectivity index (χ2v) is 3.91. The lowest BCUT2D eigenvalue weighted by Gasteiger charge is -2.16. The van der Waals surface area contributed by atoms with Crippen LogP contribution < -0.4 is 5.32 Å². The quantitative estimate of drug-likeness (QED) is 0.385. The van der Waals surface area contributed by atoms with E-state index >= 15 is 0 Å². The van der Waals surface area contributed by atoms with E-state index in [2.05, 4.69) is 36.1 Å². The Balaban J connectivity index is 4.29. The first-order chi connectivity index (χ1) is 8.13. The molecule has 0 heterocycles. The summed E-state index contributed by atoms with van der Waals surface area (Å²) >= 11 is 0. The Bertz CT molecular complexity index is 292. The van der Waals surface area contributed by atoms with E-state index in [1.807, 2.05) is 25.2 Å². The number of hydrogen-bond donors (Lipinski definition) is 2. The molecule has 0 aliphatic rings. The smallest absolute Gasteiger partial charge is 0.0835 e. The van der Waals surface area contributed by atoms with Gasteiger partial charge in [-0.15, -0.1) is 0 Å². The second-order valence-electron chi connectivity index (χ2n) is 3.91. The molecule has 1 atom stereocenters. The monoisotopic (exact) mass is 236 g/mol. The lowest BCUT2D eigenvalue weighted by Crippen LogP contribution is -2.26. The zero-order valence-corrected chi connectivity index (χ0v) is 11.3. The minimum Gasteiger partial charge on any atom is -0.347 e. The largest absolute Gasteiger partial charge is 0.347 e. The van der Waals surface area contributed by atoms with Crippen LogP contribution in [-0.2, 0) is 0 Å². The van der Waals surface area contributed by atoms with E-state index < -0.39 is 0 Å². The van der Waals surface area contributed by atoms with Crippen molar-refractivity contribution in [2.24, 2.45) is 4.99 Å². The molecule has 17 heavy (non-hydrogen) atoms. The molecule has 0 fully saturated rings. The van der Waals surface area contributed by atoms with Crippen molar-refractivity contribution in [3.05, 3.63) is 23.9 Å². The van der Waals surface area contributed by atoms with Gasteiger partial charge in [-0.1, -0.05) is 13.0 Å². The molecule has 0 saturated heterocycles. The predicted octanol–water partition coefficient (Wildman–Crippen LogP) is 2.05. The van der Waals surface area contributed by atoms with Gasteiger partial charge in [0.25, 0.3) is 0 Å². The molecular weight excluding hydrogens is 212 g/mol. The van der Waals surface area contributed by atoms with E-state index in [1.165, 1.54) is 0 Å². The highest BCUT2D eigenvalue weighted by atomic mass is 15.1. The molecule has 0 aromatic rings. The molecule has 0 bridgehead atoms. The van der Waals surface area contributed by atoms with Crippen LogP contribution >= 0.6 is 0 Å². The topological polar surface area (TPSA) is 51.5 Å². The molecule has 4 nitrogen and oxygen atoms in total. The highest BCUT2D eigenvalue weighted by Gasteiger charge is 2.00. The van der Waals surface area contributed by atoms with Gasteiger partial charge in [0, 0.05) is 18.5 Å². The van der Waals surface area contributed by atoms with Gasteiger partial charge in [0.1, 0.15) is 0 Å². The van der Waals surface area contributed by atoms with Crippen molar-refractivity contribution < 1.29 is 0 Å². The van der Waals surface area contributed by atoms with Crippen molar-refractivity contribution >= 4 is 12.6 Å². The van der Waals surface area contributed by atoms with Gasteiger partial charge < -0.3 is 10.2 Å². The van der Waals surface area contributed by atoms with Crippen LogP contribution in [0.4, 0.5) is 0 Å². The number of rotatable bonds is 8. The first-order valence-electron chi connectivity index (χ1n) is 5.94. The van der Waals surface area contributed by atoms with E-state index in [4.69, 9.17) is 5.41 Å². The van der Waals surface area contributed by atoms with Crippen molar-refractivity contribution in [1.82, 2.24) is 10.2 Å². The molecule has 0 aliphatic carbocycles. The molecule has 0 amide bonds. The highest BCUT2D eigenvalue weighted by molar-refractivity contribution is 5.74. The van der Waals surface area contributed by atoms with Crippen molar-refractivity contribution in [3.8, 4) is 0 Å². The first-order valence-corrected chi connectivity index (χ1v) is 5.94. The van der Waals surface area contributed by atoms with Crippen LogP contribution in [0, 0.1) is 5.41 Å². The van der Waals surface area contributed by atoms with E-state index in [0.29, 0.717) is 0 Å². The molecule has 1 unspecified atom stereocenters. The molecular formula is C13H24N4. The highest BCUT2D eigenvalue weighted by Crippen LogP contribution is 1.94. The molecule has 0 aromatic carbocycles. The van der Waals surface area contributed by atoms with Crippen LogP contribution in [0.15, 0.2) is 28.9 Å². The fourth-order valence-corrected chi connectivity index (χ4v) is 1.31. The summed E-state index contributed by atoms with van der Waals surface area (Å²) in [6, 6.07) is 0.281. The number of allylic oxidation sites excluding steroid dienone is 3. The molecule has 0 rings (SSSR count). The van der Waals surface area contributed by atoms with Gasteiger partial charge in [-0.3, -0.25) is 10.4 Å². The minimum atomic E-state index is 0.281. The molecule has 0 aliphatic heterocycles. The van der Waals surface area contributed by atoms with Crippen LogP contribution in [0.5, 0.6) is 0 Å². The van der Waals surface area contributed by atoms with Gasteiger partial charge in [0.15, 0.2) is 0 Å². The van der Waals surface area contributed by atoms with E-state index in [-0.39, 0.29) is 6.04 Å². The van der Waals surface area contributed by atoms with Crippen molar-refractivity contribution in [2.45, 2.75) is 26.8 Å². The third-order valence-electron chi connectivity index (χ3n) is 2.30. The van der Waals surface area contributed by atoms with E-state index in [0.717, 1.165) is 25.1 Å². The predicted molar refractivity (Wildman–Crippen MR) is 75.9 cm³/mol. The molecule has 0 aromatic heterocycles. The zero-order chi connectivity index (χ0) is 13.1. The summed E-state index contributed by atoms with van der Waals surface area (Å²) in [6.45, 7) is 8.16. The van der Waals surface area contributed by atoms with E-state index in [9.17, 15) is 0 Å². The summed E-state index contributed by atoms with van der Waals surface area (Å²) in [4.78, 5) is 6.65. The van der Waals surface area contributed by atoms with Crippen molar-refractivity contribution in [1.29, 1.82) is 5.41 Å². The summed E-state index contributed by atoms with van der Waals surface area (Å²) < 4.78 is 0. The van der Waals surface area contributed by atoms with Crippen LogP contribution in [0.1, 0.15) is 20.8 Å². The van der Waals surface area contributed by atoms with Gasteiger partial charge in [-0.25, -0.2) is 0 Å². The second kappa shape index (κ2) is 9.78. The summed E-state index contributed by atoms with van der Waals surface area (Å²) in [5.74, 6) is 0. The van der Waals surface area contributed by atoms with Crippen LogP contribution in [0.25, 0.3) is 0 Å². The molecule has 0 spiro atoms. The Hall–Kier alpha value is -1.42. The van der Waals surface area contributed by atoms with E-state index in [1.54, 1.807) is 6.21 Å². The van der Waals surface area contributed by atoms with Crippen molar-refractivity contribution in [2.75, 3.05) is 20.1 Å². The number of aliphatic imine (C=N–C) groups is 1. The van der Waals surface area contributed by atoms with Crippen LogP contribution in [0.2, 0.25) is 0 Å². The summed E-state index contributed by atoms with van der Waals surface area (Å²) in [7, 11) is 2.09. The van der Waals surface area contributed by atoms with Crippen LogP contribution in [-0.4, -0.2) is 43.6 Å². The van der Waals surface area contributed by atoms with Gasteiger partial charge in [0.2, 0.25) is 0 Å². The lowest BCUT2D eigenvalue weighted by atomic mass is 10.3.